The predicted molar refractivity (Wildman–Crippen MR) is 65.7 cm³/mol. The third kappa shape index (κ3) is 4.00. The Balaban J connectivity index is 2.50. The van der Waals surface area contributed by atoms with Crippen LogP contribution in [0.5, 0.6) is 0 Å². The Kier molecular flexibility index (Phi) is 5.41. The molecular weight excluding hydrogens is 250 g/mol. The van der Waals surface area contributed by atoms with Gasteiger partial charge in [-0.15, -0.1) is 10.2 Å². The second-order valence-corrected chi connectivity index (χ2v) is 6.31. The molecule has 1 rings (SSSR count). The van der Waals surface area contributed by atoms with Gasteiger partial charge in [-0.3, -0.25) is 4.79 Å². The van der Waals surface area contributed by atoms with Gasteiger partial charge in [0.2, 0.25) is 5.91 Å². The van der Waals surface area contributed by atoms with Crippen molar-refractivity contribution in [2.24, 2.45) is 0 Å². The summed E-state index contributed by atoms with van der Waals surface area (Å²) in [6.45, 7) is 4.44. The van der Waals surface area contributed by atoms with Gasteiger partial charge in [0.15, 0.2) is 8.68 Å². The van der Waals surface area contributed by atoms with E-state index in [-0.39, 0.29) is 11.2 Å². The molecule has 0 spiro atoms. The molecule has 4 nitrogen and oxygen atoms in total. The lowest BCUT2D eigenvalue weighted by atomic mass is 10.4. The Hall–Kier alpha value is -0.270. The minimum absolute atomic E-state index is 0.0448. The Bertz CT molecular complexity index is 329. The van der Waals surface area contributed by atoms with Gasteiger partial charge in [0, 0.05) is 6.54 Å². The zero-order valence-electron chi connectivity index (χ0n) is 8.81. The fourth-order valence-corrected chi connectivity index (χ4v) is 3.46. The van der Waals surface area contributed by atoms with Crippen LogP contribution in [0.3, 0.4) is 0 Å². The summed E-state index contributed by atoms with van der Waals surface area (Å²) in [6.07, 6.45) is 1.96. The van der Waals surface area contributed by atoms with Crippen molar-refractivity contribution < 1.29 is 4.79 Å². The van der Waals surface area contributed by atoms with Crippen LogP contribution in [-0.4, -0.2) is 34.2 Å². The van der Waals surface area contributed by atoms with E-state index < -0.39 is 0 Å². The molecule has 1 atom stereocenters. The molecule has 1 amide bonds. The van der Waals surface area contributed by atoms with Crippen LogP contribution in [-0.2, 0) is 4.79 Å². The van der Waals surface area contributed by atoms with Gasteiger partial charge in [-0.25, -0.2) is 0 Å². The van der Waals surface area contributed by atoms with Crippen molar-refractivity contribution in [2.45, 2.75) is 27.8 Å². The highest BCUT2D eigenvalue weighted by molar-refractivity contribution is 8.03. The van der Waals surface area contributed by atoms with Crippen molar-refractivity contribution in [1.29, 1.82) is 0 Å². The molecule has 1 aromatic heterocycles. The lowest BCUT2D eigenvalue weighted by Crippen LogP contribution is -2.30. The summed E-state index contributed by atoms with van der Waals surface area (Å²) in [4.78, 5) is 11.4. The zero-order chi connectivity index (χ0) is 11.3. The molecular formula is C8H13N3OS3. The molecule has 0 aromatic carbocycles. The van der Waals surface area contributed by atoms with Crippen molar-refractivity contribution in [1.82, 2.24) is 15.5 Å². The number of hydrogen-bond acceptors (Lipinski definition) is 6. The maximum atomic E-state index is 11.4. The zero-order valence-corrected chi connectivity index (χ0v) is 11.3. The van der Waals surface area contributed by atoms with Gasteiger partial charge < -0.3 is 5.32 Å². The van der Waals surface area contributed by atoms with Crippen LogP contribution in [0.2, 0.25) is 0 Å². The first-order chi connectivity index (χ1) is 7.17. The number of aromatic nitrogens is 2. The summed E-state index contributed by atoms with van der Waals surface area (Å²) >= 11 is 4.53. The Morgan fingerprint density at radius 3 is 2.73 bits per heavy atom. The third-order valence-corrected chi connectivity index (χ3v) is 4.64. The lowest BCUT2D eigenvalue weighted by Gasteiger charge is -2.07. The van der Waals surface area contributed by atoms with Crippen LogP contribution in [0, 0.1) is 0 Å². The molecule has 84 valence electrons. The molecule has 0 fully saturated rings. The molecule has 7 heteroatoms. The van der Waals surface area contributed by atoms with Gasteiger partial charge in [-0.05, 0) is 20.1 Å². The molecule has 0 saturated heterocycles. The summed E-state index contributed by atoms with van der Waals surface area (Å²) in [5.74, 6) is 0.0448. The average Bonchev–Trinajstić information content (AvgIpc) is 2.66. The normalized spacial score (nSPS) is 12.5. The fourth-order valence-electron chi connectivity index (χ4n) is 0.850. The van der Waals surface area contributed by atoms with Crippen molar-refractivity contribution in [3.05, 3.63) is 0 Å². The third-order valence-electron chi connectivity index (χ3n) is 1.56. The van der Waals surface area contributed by atoms with Gasteiger partial charge in [0.05, 0.1) is 5.25 Å². The first-order valence-corrected chi connectivity index (χ1v) is 7.41. The monoisotopic (exact) mass is 263 g/mol. The fraction of sp³-hybridized carbons (Fsp3) is 0.625. The predicted octanol–water partition coefficient (Wildman–Crippen LogP) is 1.88. The topological polar surface area (TPSA) is 54.9 Å². The first-order valence-electron chi connectivity index (χ1n) is 4.49. The maximum Gasteiger partial charge on any atom is 0.233 e. The van der Waals surface area contributed by atoms with E-state index in [0.29, 0.717) is 6.54 Å². The van der Waals surface area contributed by atoms with Crippen molar-refractivity contribution in [3.8, 4) is 0 Å². The number of amides is 1. The summed E-state index contributed by atoms with van der Waals surface area (Å²) < 4.78 is 1.78. The standard InChI is InChI=1S/C8H13N3OS3/c1-4-9-6(12)5(2)14-8-11-10-7(13-3)15-8/h5H,4H2,1-3H3,(H,9,12)/t5-/m1/s1. The van der Waals surface area contributed by atoms with E-state index in [1.165, 1.54) is 23.1 Å². The van der Waals surface area contributed by atoms with E-state index in [0.717, 1.165) is 8.68 Å². The number of hydrogen-bond donors (Lipinski definition) is 1. The molecule has 0 bridgehead atoms. The van der Waals surface area contributed by atoms with E-state index in [1.54, 1.807) is 11.8 Å². The second-order valence-electron chi connectivity index (χ2n) is 2.69. The van der Waals surface area contributed by atoms with Crippen molar-refractivity contribution >= 4 is 40.8 Å². The van der Waals surface area contributed by atoms with E-state index in [1.807, 2.05) is 20.1 Å². The minimum Gasteiger partial charge on any atom is -0.355 e. The maximum absolute atomic E-state index is 11.4. The van der Waals surface area contributed by atoms with Crippen LogP contribution in [0.1, 0.15) is 13.8 Å². The van der Waals surface area contributed by atoms with Gasteiger partial charge in [0.25, 0.3) is 0 Å². The van der Waals surface area contributed by atoms with E-state index in [4.69, 9.17) is 0 Å². The highest BCUT2D eigenvalue weighted by atomic mass is 32.2. The van der Waals surface area contributed by atoms with Crippen LogP contribution >= 0.6 is 34.9 Å². The van der Waals surface area contributed by atoms with Gasteiger partial charge in [-0.1, -0.05) is 34.9 Å². The van der Waals surface area contributed by atoms with E-state index in [2.05, 4.69) is 15.5 Å². The molecule has 15 heavy (non-hydrogen) atoms. The SMILES string of the molecule is CCNC(=O)[C@@H](C)Sc1nnc(SC)s1. The molecule has 0 saturated carbocycles. The second kappa shape index (κ2) is 6.34. The van der Waals surface area contributed by atoms with Gasteiger partial charge in [-0.2, -0.15) is 0 Å². The Labute approximate surface area is 102 Å². The van der Waals surface area contributed by atoms with Crippen LogP contribution in [0.15, 0.2) is 8.68 Å². The van der Waals surface area contributed by atoms with Gasteiger partial charge in [0.1, 0.15) is 0 Å². The highest BCUT2D eigenvalue weighted by Gasteiger charge is 2.15. The van der Waals surface area contributed by atoms with Crippen LogP contribution in [0.4, 0.5) is 0 Å². The quantitative estimate of drug-likeness (QED) is 0.822. The lowest BCUT2D eigenvalue weighted by molar-refractivity contribution is -0.120. The molecule has 1 aromatic rings. The highest BCUT2D eigenvalue weighted by Crippen LogP contribution is 2.29. The number of rotatable bonds is 5. The van der Waals surface area contributed by atoms with Crippen LogP contribution < -0.4 is 5.32 Å². The molecule has 0 aliphatic heterocycles. The number of nitrogens with one attached hydrogen (secondary N) is 1. The largest absolute Gasteiger partial charge is 0.355 e. The number of nitrogens with zero attached hydrogens (tertiary/aromatic N) is 2. The first kappa shape index (κ1) is 12.8. The summed E-state index contributed by atoms with van der Waals surface area (Å²) in [5, 5.41) is 10.6. The Morgan fingerprint density at radius 2 is 2.20 bits per heavy atom. The van der Waals surface area contributed by atoms with E-state index >= 15 is 0 Å². The summed E-state index contributed by atoms with van der Waals surface area (Å²) in [5.41, 5.74) is 0. The van der Waals surface area contributed by atoms with Crippen LogP contribution in [0.25, 0.3) is 0 Å². The molecule has 0 unspecified atom stereocenters. The average molecular weight is 263 g/mol. The molecule has 0 aliphatic rings. The van der Waals surface area contributed by atoms with Crippen molar-refractivity contribution in [3.63, 3.8) is 0 Å². The number of carbonyl (C=O) groups excluding carboxylic acids is 1. The van der Waals surface area contributed by atoms with Crippen molar-refractivity contribution in [2.75, 3.05) is 12.8 Å². The molecule has 0 radical (unpaired) electrons. The Morgan fingerprint density at radius 1 is 1.53 bits per heavy atom. The molecule has 1 heterocycles. The molecule has 1 N–H and O–H groups in total. The smallest absolute Gasteiger partial charge is 0.233 e. The number of carbonyl (C=O) groups is 1. The summed E-state index contributed by atoms with van der Waals surface area (Å²) in [7, 11) is 0. The van der Waals surface area contributed by atoms with Gasteiger partial charge >= 0.3 is 0 Å². The summed E-state index contributed by atoms with van der Waals surface area (Å²) in [6, 6.07) is 0. The van der Waals surface area contributed by atoms with E-state index in [9.17, 15) is 4.79 Å². The molecule has 0 aliphatic carbocycles. The number of thioether (sulfide) groups is 2. The minimum atomic E-state index is -0.118.